The van der Waals surface area contributed by atoms with Crippen LogP contribution in [-0.4, -0.2) is 47.4 Å². The lowest BCUT2D eigenvalue weighted by atomic mass is 10.0. The SMILES string of the molecule is CCCCCCCCCCCCC/C=C/C(O)C(CO)NC(=O)CCCCCCCCC/C=C\CCCCCCCCCCCCCOC(=O)CCCCCCCCCCCCCCCC. The molecule has 1 amide bonds. The molecule has 0 bridgehead atoms. The summed E-state index contributed by atoms with van der Waals surface area (Å²) >= 11 is 0. The van der Waals surface area contributed by atoms with Crippen LogP contribution in [0.15, 0.2) is 24.3 Å². The second-order valence-electron chi connectivity index (χ2n) is 20.3. The summed E-state index contributed by atoms with van der Waals surface area (Å²) in [6.45, 7) is 4.91. The zero-order valence-corrected chi connectivity index (χ0v) is 44.4. The molecule has 0 spiro atoms. The van der Waals surface area contributed by atoms with E-state index in [0.717, 1.165) is 44.9 Å². The Balaban J connectivity index is 3.42. The van der Waals surface area contributed by atoms with E-state index in [2.05, 4.69) is 31.3 Å². The van der Waals surface area contributed by atoms with Crippen LogP contribution in [0.5, 0.6) is 0 Å². The van der Waals surface area contributed by atoms with Crippen molar-refractivity contribution in [3.63, 3.8) is 0 Å². The topological polar surface area (TPSA) is 95.9 Å². The number of carbonyl (C=O) groups is 2. The van der Waals surface area contributed by atoms with Gasteiger partial charge in [-0.2, -0.15) is 0 Å². The molecule has 6 heteroatoms. The quantitative estimate of drug-likeness (QED) is 0.0321. The third kappa shape index (κ3) is 51.7. The molecule has 0 aliphatic heterocycles. The predicted octanol–water partition coefficient (Wildman–Crippen LogP) is 18.2. The van der Waals surface area contributed by atoms with Crippen LogP contribution < -0.4 is 5.32 Å². The Hall–Kier alpha value is -1.66. The minimum Gasteiger partial charge on any atom is -0.466 e. The van der Waals surface area contributed by atoms with Gasteiger partial charge in [-0.15, -0.1) is 0 Å². The highest BCUT2D eigenvalue weighted by atomic mass is 16.5. The molecule has 0 saturated heterocycles. The first kappa shape index (κ1) is 64.3. The van der Waals surface area contributed by atoms with Gasteiger partial charge in [0.15, 0.2) is 0 Å². The summed E-state index contributed by atoms with van der Waals surface area (Å²) in [7, 11) is 0. The second-order valence-corrected chi connectivity index (χ2v) is 20.3. The van der Waals surface area contributed by atoms with Crippen molar-refractivity contribution < 1.29 is 24.5 Å². The Morgan fingerprint density at radius 2 is 0.712 bits per heavy atom. The molecule has 0 aromatic carbocycles. The van der Waals surface area contributed by atoms with Gasteiger partial charge in [-0.25, -0.2) is 0 Å². The monoisotopic (exact) mass is 930 g/mol. The van der Waals surface area contributed by atoms with Crippen LogP contribution in [0.2, 0.25) is 0 Å². The molecule has 0 aromatic rings. The van der Waals surface area contributed by atoms with E-state index in [1.54, 1.807) is 6.08 Å². The van der Waals surface area contributed by atoms with Crippen LogP contribution in [0.25, 0.3) is 0 Å². The highest BCUT2D eigenvalue weighted by molar-refractivity contribution is 5.76. The molecule has 0 aliphatic rings. The number of amides is 1. The number of aliphatic hydroxyl groups excluding tert-OH is 2. The normalized spacial score (nSPS) is 12.7. The molecule has 0 radical (unpaired) electrons. The van der Waals surface area contributed by atoms with Crippen molar-refractivity contribution >= 4 is 11.9 Å². The van der Waals surface area contributed by atoms with E-state index in [4.69, 9.17) is 4.74 Å². The van der Waals surface area contributed by atoms with Gasteiger partial charge in [0.2, 0.25) is 5.91 Å². The maximum absolute atomic E-state index is 12.4. The van der Waals surface area contributed by atoms with Gasteiger partial charge in [-0.05, 0) is 57.8 Å². The van der Waals surface area contributed by atoms with Crippen LogP contribution in [-0.2, 0) is 14.3 Å². The number of unbranched alkanes of at least 4 members (excludes halogenated alkanes) is 42. The Kier molecular flexibility index (Phi) is 54.5. The summed E-state index contributed by atoms with van der Waals surface area (Å²) in [6.07, 6.45) is 67.8. The highest BCUT2D eigenvalue weighted by Gasteiger charge is 2.18. The average Bonchev–Trinajstić information content (AvgIpc) is 3.32. The summed E-state index contributed by atoms with van der Waals surface area (Å²) in [5, 5.41) is 23.1. The number of hydrogen-bond acceptors (Lipinski definition) is 5. The lowest BCUT2D eigenvalue weighted by molar-refractivity contribution is -0.143. The molecule has 3 N–H and O–H groups in total. The first-order valence-electron chi connectivity index (χ1n) is 29.6. The first-order valence-corrected chi connectivity index (χ1v) is 29.6. The Bertz CT molecular complexity index is 1030. The molecular formula is C60H115NO5. The van der Waals surface area contributed by atoms with E-state index in [1.807, 2.05) is 6.08 Å². The van der Waals surface area contributed by atoms with Gasteiger partial charge in [-0.1, -0.05) is 276 Å². The number of rotatable bonds is 55. The molecule has 0 heterocycles. The van der Waals surface area contributed by atoms with E-state index in [-0.39, 0.29) is 18.5 Å². The van der Waals surface area contributed by atoms with E-state index >= 15 is 0 Å². The van der Waals surface area contributed by atoms with Gasteiger partial charge in [0, 0.05) is 12.8 Å². The summed E-state index contributed by atoms with van der Waals surface area (Å²) in [5.74, 6) is -0.0628. The van der Waals surface area contributed by atoms with Crippen molar-refractivity contribution in [2.45, 2.75) is 334 Å². The summed E-state index contributed by atoms with van der Waals surface area (Å²) in [4.78, 5) is 24.5. The maximum atomic E-state index is 12.4. The first-order chi connectivity index (χ1) is 32.5. The molecule has 0 aliphatic carbocycles. The Morgan fingerprint density at radius 1 is 0.409 bits per heavy atom. The summed E-state index contributed by atoms with van der Waals surface area (Å²) in [6, 6.07) is -0.632. The van der Waals surface area contributed by atoms with Gasteiger partial charge < -0.3 is 20.3 Å². The number of allylic oxidation sites excluding steroid dienone is 3. The number of carbonyl (C=O) groups excluding carboxylic acids is 2. The summed E-state index contributed by atoms with van der Waals surface area (Å²) < 4.78 is 5.48. The smallest absolute Gasteiger partial charge is 0.305 e. The van der Waals surface area contributed by atoms with Crippen LogP contribution in [0.1, 0.15) is 322 Å². The van der Waals surface area contributed by atoms with Crippen LogP contribution in [0, 0.1) is 0 Å². The van der Waals surface area contributed by atoms with Crippen molar-refractivity contribution in [3.8, 4) is 0 Å². The van der Waals surface area contributed by atoms with Crippen molar-refractivity contribution in [1.29, 1.82) is 0 Å². The van der Waals surface area contributed by atoms with Gasteiger partial charge in [-0.3, -0.25) is 9.59 Å². The minimum atomic E-state index is -0.847. The average molecular weight is 931 g/mol. The molecule has 2 atom stereocenters. The van der Waals surface area contributed by atoms with Crippen molar-refractivity contribution in [2.24, 2.45) is 0 Å². The third-order valence-corrected chi connectivity index (χ3v) is 13.7. The molecule has 2 unspecified atom stereocenters. The molecular weight excluding hydrogens is 815 g/mol. The number of hydrogen-bond donors (Lipinski definition) is 3. The second kappa shape index (κ2) is 55.9. The van der Waals surface area contributed by atoms with Gasteiger partial charge in [0.1, 0.15) is 0 Å². The molecule has 0 aromatic heterocycles. The molecule has 0 fully saturated rings. The maximum Gasteiger partial charge on any atom is 0.305 e. The van der Waals surface area contributed by atoms with E-state index in [1.165, 1.54) is 250 Å². The van der Waals surface area contributed by atoms with E-state index in [0.29, 0.717) is 19.4 Å². The van der Waals surface area contributed by atoms with Crippen LogP contribution in [0.4, 0.5) is 0 Å². The molecule has 0 saturated carbocycles. The Morgan fingerprint density at radius 3 is 1.08 bits per heavy atom. The summed E-state index contributed by atoms with van der Waals surface area (Å²) in [5.41, 5.74) is 0. The van der Waals surface area contributed by atoms with Crippen molar-refractivity contribution in [3.05, 3.63) is 24.3 Å². The molecule has 66 heavy (non-hydrogen) atoms. The zero-order valence-electron chi connectivity index (χ0n) is 44.4. The number of nitrogens with one attached hydrogen (secondary N) is 1. The minimum absolute atomic E-state index is 0.0117. The highest BCUT2D eigenvalue weighted by Crippen LogP contribution is 2.17. The molecule has 6 nitrogen and oxygen atoms in total. The number of aliphatic hydroxyl groups is 2. The van der Waals surface area contributed by atoms with E-state index < -0.39 is 12.1 Å². The Labute approximate surface area is 411 Å². The molecule has 390 valence electrons. The standard InChI is InChI=1S/C60H115NO5/c1-3-5-7-9-11-13-15-17-30-34-38-42-46-50-54-60(65)66-55-51-47-43-39-35-31-27-25-23-21-19-18-20-22-24-26-29-33-37-41-45-49-53-59(64)61-57(56-62)58(63)52-48-44-40-36-32-28-16-14-12-10-8-6-4-2/h20,22,48,52,57-58,62-63H,3-19,21,23-47,49-51,53-56H2,1-2H3,(H,61,64)/b22-20-,52-48+. The lowest BCUT2D eigenvalue weighted by Gasteiger charge is -2.20. The lowest BCUT2D eigenvalue weighted by Crippen LogP contribution is -2.45. The fourth-order valence-corrected chi connectivity index (χ4v) is 9.16. The number of esters is 1. The van der Waals surface area contributed by atoms with Gasteiger partial charge in [0.05, 0.1) is 25.4 Å². The van der Waals surface area contributed by atoms with Crippen LogP contribution >= 0.6 is 0 Å². The van der Waals surface area contributed by atoms with Gasteiger partial charge >= 0.3 is 5.97 Å². The van der Waals surface area contributed by atoms with Crippen LogP contribution in [0.3, 0.4) is 0 Å². The zero-order chi connectivity index (χ0) is 47.9. The fourth-order valence-electron chi connectivity index (χ4n) is 9.16. The van der Waals surface area contributed by atoms with Crippen molar-refractivity contribution in [1.82, 2.24) is 5.32 Å². The molecule has 0 rings (SSSR count). The largest absolute Gasteiger partial charge is 0.466 e. The fraction of sp³-hybridized carbons (Fsp3) is 0.900. The predicted molar refractivity (Wildman–Crippen MR) is 287 cm³/mol. The van der Waals surface area contributed by atoms with Gasteiger partial charge in [0.25, 0.3) is 0 Å². The third-order valence-electron chi connectivity index (χ3n) is 13.7. The van der Waals surface area contributed by atoms with E-state index in [9.17, 15) is 19.8 Å². The number of ether oxygens (including phenoxy) is 1. The van der Waals surface area contributed by atoms with Crippen molar-refractivity contribution in [2.75, 3.05) is 13.2 Å².